The van der Waals surface area contributed by atoms with E-state index in [2.05, 4.69) is 32.9 Å². The average molecular weight is 559 g/mol. The van der Waals surface area contributed by atoms with Crippen molar-refractivity contribution in [2.45, 2.75) is 56.8 Å². The molecular weight excluding hydrogens is 524 g/mol. The highest BCUT2D eigenvalue weighted by molar-refractivity contribution is 7.13. The first kappa shape index (κ1) is 26.9. The maximum absolute atomic E-state index is 13.3. The molecule has 0 saturated heterocycles. The molecule has 11 heteroatoms. The highest BCUT2D eigenvalue weighted by Crippen LogP contribution is 2.31. The summed E-state index contributed by atoms with van der Waals surface area (Å²) in [6.07, 6.45) is 11.0. The predicted molar refractivity (Wildman–Crippen MR) is 148 cm³/mol. The first-order valence-electron chi connectivity index (χ1n) is 13.2. The molecule has 2 aliphatic carbocycles. The van der Waals surface area contributed by atoms with Gasteiger partial charge in [0.05, 0.1) is 17.4 Å². The zero-order chi connectivity index (χ0) is 27.0. The number of aromatic nitrogens is 1. The van der Waals surface area contributed by atoms with E-state index in [0.29, 0.717) is 35.0 Å². The number of fused-ring (bicyclic) bond motifs is 2. The summed E-state index contributed by atoms with van der Waals surface area (Å²) < 4.78 is 0. The monoisotopic (exact) mass is 558 g/mol. The highest BCUT2D eigenvalue weighted by atomic mass is 35.5. The highest BCUT2D eigenvalue weighted by Gasteiger charge is 2.36. The summed E-state index contributed by atoms with van der Waals surface area (Å²) in [5.41, 5.74) is 1.52. The Labute approximate surface area is 232 Å². The molecule has 1 fully saturated rings. The van der Waals surface area contributed by atoms with Gasteiger partial charge in [-0.15, -0.1) is 11.3 Å². The van der Waals surface area contributed by atoms with Gasteiger partial charge < -0.3 is 25.8 Å². The third-order valence-electron chi connectivity index (χ3n) is 7.83. The van der Waals surface area contributed by atoms with E-state index < -0.39 is 0 Å². The zero-order valence-corrected chi connectivity index (χ0v) is 23.6. The van der Waals surface area contributed by atoms with Crippen molar-refractivity contribution < 1.29 is 14.4 Å². The van der Waals surface area contributed by atoms with Gasteiger partial charge in [0, 0.05) is 67.9 Å². The van der Waals surface area contributed by atoms with Crippen molar-refractivity contribution in [1.29, 1.82) is 0 Å². The molecule has 5 rings (SSSR count). The molecule has 3 heterocycles. The van der Waals surface area contributed by atoms with Crippen molar-refractivity contribution in [3.8, 4) is 0 Å². The van der Waals surface area contributed by atoms with Gasteiger partial charge in [0.2, 0.25) is 5.91 Å². The van der Waals surface area contributed by atoms with E-state index in [4.69, 9.17) is 11.6 Å². The van der Waals surface area contributed by atoms with Crippen LogP contribution < -0.4 is 16.0 Å². The fourth-order valence-electron chi connectivity index (χ4n) is 5.63. The molecular formula is C27H35ClN6O3S. The van der Waals surface area contributed by atoms with E-state index in [9.17, 15) is 14.4 Å². The Morgan fingerprint density at radius 3 is 2.76 bits per heavy atom. The van der Waals surface area contributed by atoms with Crippen molar-refractivity contribution in [2.24, 2.45) is 11.8 Å². The summed E-state index contributed by atoms with van der Waals surface area (Å²) in [5, 5.41) is 10.7. The first-order chi connectivity index (χ1) is 18.2. The van der Waals surface area contributed by atoms with Crippen LogP contribution in [-0.2, 0) is 22.6 Å². The second-order valence-electron chi connectivity index (χ2n) is 10.9. The number of halogens is 1. The van der Waals surface area contributed by atoms with Gasteiger partial charge in [-0.05, 0) is 44.4 Å². The number of nitrogens with zero attached hydrogens (tertiary/aromatic N) is 3. The molecule has 9 nitrogen and oxygen atoms in total. The molecule has 0 aromatic carbocycles. The maximum Gasteiger partial charge on any atom is 0.280 e. The van der Waals surface area contributed by atoms with E-state index in [-0.39, 0.29) is 47.7 Å². The van der Waals surface area contributed by atoms with Crippen LogP contribution >= 0.6 is 22.9 Å². The van der Waals surface area contributed by atoms with Gasteiger partial charge in [-0.3, -0.25) is 14.4 Å². The summed E-state index contributed by atoms with van der Waals surface area (Å²) in [4.78, 5) is 48.6. The van der Waals surface area contributed by atoms with Gasteiger partial charge in [0.25, 0.3) is 11.8 Å². The van der Waals surface area contributed by atoms with Crippen LogP contribution in [0.25, 0.3) is 0 Å². The molecule has 1 saturated carbocycles. The van der Waals surface area contributed by atoms with Crippen molar-refractivity contribution in [3.05, 3.63) is 50.6 Å². The second-order valence-corrected chi connectivity index (χ2v) is 12.5. The normalized spacial score (nSPS) is 28.4. The number of amides is 3. The SMILES string of the molecule is CN1CCc2nc(C(=O)N[C@@H]3C[C@@H](CC(=O)N(C)C)CC[C@@H]3NC(=O)C3=CC4C=C(Cl)C=CC4N3)sc2C1. The molecule has 1 aromatic rings. The predicted octanol–water partition coefficient (Wildman–Crippen LogP) is 2.16. The van der Waals surface area contributed by atoms with Crippen molar-refractivity contribution >= 4 is 40.7 Å². The smallest absolute Gasteiger partial charge is 0.280 e. The van der Waals surface area contributed by atoms with Gasteiger partial charge in [-0.2, -0.15) is 0 Å². The van der Waals surface area contributed by atoms with E-state index in [1.165, 1.54) is 11.3 Å². The van der Waals surface area contributed by atoms with Crippen LogP contribution in [0, 0.1) is 11.8 Å². The van der Waals surface area contributed by atoms with Crippen LogP contribution in [0.3, 0.4) is 0 Å². The molecule has 1 aromatic heterocycles. The van der Waals surface area contributed by atoms with E-state index in [1.807, 2.05) is 24.3 Å². The van der Waals surface area contributed by atoms with Crippen molar-refractivity contribution in [1.82, 2.24) is 30.7 Å². The minimum Gasteiger partial charge on any atom is -0.374 e. The topological polar surface area (TPSA) is 107 Å². The minimum atomic E-state index is -0.303. The first-order valence-corrected chi connectivity index (χ1v) is 14.4. The lowest BCUT2D eigenvalue weighted by atomic mass is 9.80. The number of hydrogen-bond donors (Lipinski definition) is 3. The fourth-order valence-corrected chi connectivity index (χ4v) is 6.94. The summed E-state index contributed by atoms with van der Waals surface area (Å²) in [5.74, 6) is -0.179. The Morgan fingerprint density at radius 2 is 1.97 bits per heavy atom. The number of allylic oxidation sites excluding steroid dienone is 2. The fraction of sp³-hybridized carbons (Fsp3) is 0.556. The molecule has 4 aliphatic rings. The van der Waals surface area contributed by atoms with E-state index >= 15 is 0 Å². The number of nitrogens with one attached hydrogen (secondary N) is 3. The minimum absolute atomic E-state index is 0.0107. The van der Waals surface area contributed by atoms with Gasteiger partial charge in [0.15, 0.2) is 5.01 Å². The van der Waals surface area contributed by atoms with Crippen LogP contribution in [-0.4, -0.2) is 78.3 Å². The van der Waals surface area contributed by atoms with E-state index in [0.717, 1.165) is 36.5 Å². The molecule has 0 radical (unpaired) electrons. The Hall–Kier alpha value is -2.69. The molecule has 0 spiro atoms. The van der Waals surface area contributed by atoms with Crippen molar-refractivity contribution in [3.63, 3.8) is 0 Å². The van der Waals surface area contributed by atoms with Gasteiger partial charge >= 0.3 is 0 Å². The third-order valence-corrected chi connectivity index (χ3v) is 9.16. The number of carbonyl (C=O) groups excluding carboxylic acids is 3. The Balaban J connectivity index is 1.29. The molecule has 5 atom stereocenters. The molecule has 3 N–H and O–H groups in total. The summed E-state index contributed by atoms with van der Waals surface area (Å²) in [7, 11) is 5.58. The molecule has 2 aliphatic heterocycles. The zero-order valence-electron chi connectivity index (χ0n) is 22.0. The van der Waals surface area contributed by atoms with Crippen molar-refractivity contribution in [2.75, 3.05) is 27.7 Å². The summed E-state index contributed by atoms with van der Waals surface area (Å²) >= 11 is 7.58. The molecule has 38 heavy (non-hydrogen) atoms. The van der Waals surface area contributed by atoms with Crippen LogP contribution in [0.1, 0.15) is 46.1 Å². The lowest BCUT2D eigenvalue weighted by Crippen LogP contribution is -2.55. The Kier molecular flexibility index (Phi) is 7.93. The quantitative estimate of drug-likeness (QED) is 0.494. The number of likely N-dealkylation sites (N-methyl/N-ethyl adjacent to an activating group) is 1. The maximum atomic E-state index is 13.3. The second kappa shape index (κ2) is 11.2. The Bertz CT molecular complexity index is 1210. The number of rotatable bonds is 6. The lowest BCUT2D eigenvalue weighted by Gasteiger charge is -2.37. The average Bonchev–Trinajstić information content (AvgIpc) is 3.49. The molecule has 0 bridgehead atoms. The van der Waals surface area contributed by atoms with Crippen LogP contribution in [0.5, 0.6) is 0 Å². The lowest BCUT2D eigenvalue weighted by molar-refractivity contribution is -0.130. The molecule has 204 valence electrons. The molecule has 3 amide bonds. The standard InChI is InChI=1S/C27H35ClN6O3S/c1-33(2)24(35)11-15-4-6-19(30-25(36)22-13-16-12-17(28)5-7-18(16)29-22)21(10-15)31-26(37)27-32-20-8-9-34(3)14-23(20)38-27/h5,7,12-13,15-16,18-19,21,29H,4,6,8-11,14H2,1-3H3,(H,30,36)(H,31,37)/t15-,16?,18?,19-,21+/m0/s1. The number of thiazole rings is 1. The van der Waals surface area contributed by atoms with Gasteiger partial charge in [-0.1, -0.05) is 23.8 Å². The van der Waals surface area contributed by atoms with Crippen LogP contribution in [0.4, 0.5) is 0 Å². The molecule has 2 unspecified atom stereocenters. The largest absolute Gasteiger partial charge is 0.374 e. The summed E-state index contributed by atoms with van der Waals surface area (Å²) in [6.45, 7) is 1.73. The third kappa shape index (κ3) is 5.97. The van der Waals surface area contributed by atoms with Gasteiger partial charge in [0.1, 0.15) is 0 Å². The van der Waals surface area contributed by atoms with Gasteiger partial charge in [-0.25, -0.2) is 4.98 Å². The summed E-state index contributed by atoms with van der Waals surface area (Å²) in [6, 6.07) is -0.545. The number of carbonyl (C=O) groups is 3. The van der Waals surface area contributed by atoms with Crippen LogP contribution in [0.2, 0.25) is 0 Å². The Morgan fingerprint density at radius 1 is 1.18 bits per heavy atom. The number of hydrogen-bond acceptors (Lipinski definition) is 7. The van der Waals surface area contributed by atoms with Crippen LogP contribution in [0.15, 0.2) is 35.0 Å². The van der Waals surface area contributed by atoms with E-state index in [1.54, 1.807) is 19.0 Å².